The number of carbonyl (C=O) groups is 2. The molecule has 1 aromatic carbocycles. The minimum absolute atomic E-state index is 0.00197. The van der Waals surface area contributed by atoms with Gasteiger partial charge in [-0.25, -0.2) is 4.98 Å². The smallest absolute Gasteiger partial charge is 0.246 e. The molecular weight excluding hydrogens is 318 g/mol. The summed E-state index contributed by atoms with van der Waals surface area (Å²) < 4.78 is 1.71. The molecule has 3 rings (SSSR count). The molecule has 7 nitrogen and oxygen atoms in total. The third kappa shape index (κ3) is 4.04. The van der Waals surface area contributed by atoms with Crippen LogP contribution in [-0.4, -0.2) is 50.6 Å². The summed E-state index contributed by atoms with van der Waals surface area (Å²) in [5, 5.41) is 4.02. The van der Waals surface area contributed by atoms with Crippen LogP contribution in [0.4, 0.5) is 5.69 Å². The quantitative estimate of drug-likeness (QED) is 0.829. The van der Waals surface area contributed by atoms with Crippen LogP contribution in [0.1, 0.15) is 25.3 Å². The van der Waals surface area contributed by atoms with Gasteiger partial charge in [-0.1, -0.05) is 17.7 Å². The highest BCUT2D eigenvalue weighted by Crippen LogP contribution is 2.21. The Morgan fingerprint density at radius 3 is 2.72 bits per heavy atom. The fourth-order valence-corrected chi connectivity index (χ4v) is 3.04. The van der Waals surface area contributed by atoms with Gasteiger partial charge in [0.2, 0.25) is 11.8 Å². The predicted molar refractivity (Wildman–Crippen MR) is 94.0 cm³/mol. The fraction of sp³-hybridized carbons (Fsp3) is 0.444. The first kappa shape index (κ1) is 17.1. The normalized spacial score (nSPS) is 17.8. The number of aryl methyl sites for hydroxylation is 2. The van der Waals surface area contributed by atoms with E-state index in [1.165, 1.54) is 6.33 Å². The van der Waals surface area contributed by atoms with Gasteiger partial charge < -0.3 is 9.80 Å². The summed E-state index contributed by atoms with van der Waals surface area (Å²) in [5.41, 5.74) is 2.05. The molecule has 1 aromatic heterocycles. The van der Waals surface area contributed by atoms with Crippen LogP contribution in [0.5, 0.6) is 0 Å². The monoisotopic (exact) mass is 341 g/mol. The molecule has 0 bridgehead atoms. The number of carbonyl (C=O) groups excluding carboxylic acids is 2. The summed E-state index contributed by atoms with van der Waals surface area (Å²) in [6.45, 7) is 5.32. The van der Waals surface area contributed by atoms with Crippen molar-refractivity contribution in [2.45, 2.75) is 39.3 Å². The first-order chi connectivity index (χ1) is 12.0. The molecule has 0 aliphatic carbocycles. The maximum atomic E-state index is 12.5. The van der Waals surface area contributed by atoms with Gasteiger partial charge in [0.15, 0.2) is 0 Å². The van der Waals surface area contributed by atoms with E-state index in [-0.39, 0.29) is 24.4 Å². The number of nitrogens with zero attached hydrogens (tertiary/aromatic N) is 5. The van der Waals surface area contributed by atoms with Gasteiger partial charge in [0.1, 0.15) is 19.2 Å². The van der Waals surface area contributed by atoms with Crippen molar-refractivity contribution in [1.82, 2.24) is 19.7 Å². The second-order valence-electron chi connectivity index (χ2n) is 6.47. The second kappa shape index (κ2) is 7.46. The third-order valence-electron chi connectivity index (χ3n) is 4.50. The van der Waals surface area contributed by atoms with E-state index in [1.54, 1.807) is 20.8 Å². The van der Waals surface area contributed by atoms with Crippen LogP contribution in [-0.2, 0) is 16.1 Å². The predicted octanol–water partition coefficient (Wildman–Crippen LogP) is 1.63. The maximum Gasteiger partial charge on any atom is 0.246 e. The topological polar surface area (TPSA) is 71.3 Å². The van der Waals surface area contributed by atoms with Crippen molar-refractivity contribution >= 4 is 17.5 Å². The molecule has 7 heteroatoms. The summed E-state index contributed by atoms with van der Waals surface area (Å²) in [4.78, 5) is 32.3. The Morgan fingerprint density at radius 2 is 2.04 bits per heavy atom. The molecule has 2 amide bonds. The molecule has 0 saturated carbocycles. The Labute approximate surface area is 147 Å². The molecule has 25 heavy (non-hydrogen) atoms. The number of benzene rings is 1. The number of hydrogen-bond acceptors (Lipinski definition) is 4. The Kier molecular flexibility index (Phi) is 5.11. The zero-order valence-electron chi connectivity index (χ0n) is 14.6. The van der Waals surface area contributed by atoms with E-state index >= 15 is 0 Å². The van der Waals surface area contributed by atoms with Crippen molar-refractivity contribution in [2.24, 2.45) is 0 Å². The maximum absolute atomic E-state index is 12.5. The molecule has 2 heterocycles. The van der Waals surface area contributed by atoms with Crippen LogP contribution in [0.3, 0.4) is 0 Å². The average Bonchev–Trinajstić information content (AvgIpc) is 3.11. The minimum Gasteiger partial charge on any atom is -0.329 e. The average molecular weight is 341 g/mol. The zero-order valence-corrected chi connectivity index (χ0v) is 14.6. The Morgan fingerprint density at radius 1 is 1.28 bits per heavy atom. The summed E-state index contributed by atoms with van der Waals surface area (Å²) >= 11 is 0. The Hall–Kier alpha value is -2.70. The van der Waals surface area contributed by atoms with E-state index in [2.05, 4.69) is 10.1 Å². The lowest BCUT2D eigenvalue weighted by Gasteiger charge is -2.39. The fourth-order valence-electron chi connectivity index (χ4n) is 3.04. The zero-order chi connectivity index (χ0) is 17.8. The van der Waals surface area contributed by atoms with E-state index in [1.807, 2.05) is 38.1 Å². The van der Waals surface area contributed by atoms with Crippen molar-refractivity contribution in [3.8, 4) is 0 Å². The molecule has 1 aliphatic heterocycles. The van der Waals surface area contributed by atoms with Gasteiger partial charge in [0.05, 0.1) is 0 Å². The molecule has 0 N–H and O–H groups in total. The van der Waals surface area contributed by atoms with Crippen molar-refractivity contribution < 1.29 is 9.59 Å². The van der Waals surface area contributed by atoms with Gasteiger partial charge in [-0.15, -0.1) is 0 Å². The Bertz CT molecular complexity index is 726. The molecule has 0 spiro atoms. The molecule has 0 unspecified atom stereocenters. The standard InChI is InChI=1S/C18H23N5O2/c1-14-5-7-16(8-6-14)23-10-15(2)22(11-18(23)25)17(24)4-3-9-21-13-19-12-20-21/h5-8,12-13,15H,3-4,9-11H2,1-2H3/t15-/m0/s1. The highest BCUT2D eigenvalue weighted by molar-refractivity contribution is 5.98. The number of rotatable bonds is 5. The molecule has 2 aromatic rings. The van der Waals surface area contributed by atoms with Gasteiger partial charge in [-0.05, 0) is 32.4 Å². The van der Waals surface area contributed by atoms with Crippen LogP contribution in [0.15, 0.2) is 36.9 Å². The van der Waals surface area contributed by atoms with Crippen molar-refractivity contribution in [1.29, 1.82) is 0 Å². The lowest BCUT2D eigenvalue weighted by atomic mass is 10.1. The van der Waals surface area contributed by atoms with E-state index in [0.717, 1.165) is 11.3 Å². The van der Waals surface area contributed by atoms with E-state index in [9.17, 15) is 9.59 Å². The van der Waals surface area contributed by atoms with Crippen molar-refractivity contribution in [3.05, 3.63) is 42.5 Å². The summed E-state index contributed by atoms with van der Waals surface area (Å²) in [7, 11) is 0. The summed E-state index contributed by atoms with van der Waals surface area (Å²) in [6.07, 6.45) is 4.20. The second-order valence-corrected chi connectivity index (χ2v) is 6.47. The summed E-state index contributed by atoms with van der Waals surface area (Å²) in [6, 6.07) is 7.90. The van der Waals surface area contributed by atoms with Gasteiger partial charge in [-0.2, -0.15) is 5.10 Å². The molecular formula is C18H23N5O2. The van der Waals surface area contributed by atoms with Crippen LogP contribution in [0, 0.1) is 6.92 Å². The lowest BCUT2D eigenvalue weighted by molar-refractivity contribution is -0.139. The van der Waals surface area contributed by atoms with Crippen molar-refractivity contribution in [2.75, 3.05) is 18.0 Å². The van der Waals surface area contributed by atoms with Crippen LogP contribution in [0.25, 0.3) is 0 Å². The van der Waals surface area contributed by atoms with Gasteiger partial charge >= 0.3 is 0 Å². The SMILES string of the molecule is Cc1ccc(N2C[C@H](C)N(C(=O)CCCn3cncn3)CC2=O)cc1. The molecule has 1 atom stereocenters. The van der Waals surface area contributed by atoms with Gasteiger partial charge in [0.25, 0.3) is 0 Å². The first-order valence-corrected chi connectivity index (χ1v) is 8.53. The number of amides is 2. The molecule has 1 fully saturated rings. The first-order valence-electron chi connectivity index (χ1n) is 8.53. The Balaban J connectivity index is 1.56. The highest BCUT2D eigenvalue weighted by atomic mass is 16.2. The van der Waals surface area contributed by atoms with Gasteiger partial charge in [0, 0.05) is 31.2 Å². The highest BCUT2D eigenvalue weighted by Gasteiger charge is 2.32. The molecule has 132 valence electrons. The molecule has 0 radical (unpaired) electrons. The minimum atomic E-state index is -0.0356. The van der Waals surface area contributed by atoms with Crippen molar-refractivity contribution in [3.63, 3.8) is 0 Å². The molecule has 1 saturated heterocycles. The largest absolute Gasteiger partial charge is 0.329 e. The molecule has 1 aliphatic rings. The van der Waals surface area contributed by atoms with E-state index in [4.69, 9.17) is 0 Å². The lowest BCUT2D eigenvalue weighted by Crippen LogP contribution is -2.57. The number of piperazine rings is 1. The van der Waals surface area contributed by atoms with Gasteiger partial charge in [-0.3, -0.25) is 14.3 Å². The number of aromatic nitrogens is 3. The summed E-state index contributed by atoms with van der Waals surface area (Å²) in [5.74, 6) is -0.0175. The van der Waals surface area contributed by atoms with Crippen LogP contribution < -0.4 is 4.90 Å². The third-order valence-corrected chi connectivity index (χ3v) is 4.50. The van der Waals surface area contributed by atoms with E-state index in [0.29, 0.717) is 25.9 Å². The van der Waals surface area contributed by atoms with E-state index < -0.39 is 0 Å². The van der Waals surface area contributed by atoms with Crippen LogP contribution >= 0.6 is 0 Å². The number of anilines is 1. The number of hydrogen-bond donors (Lipinski definition) is 0. The van der Waals surface area contributed by atoms with Crippen LogP contribution in [0.2, 0.25) is 0 Å².